The molecule has 0 radical (unpaired) electrons. The highest BCUT2D eigenvalue weighted by atomic mass is 32.1. The number of carbonyl (C=O) groups is 1. The third-order valence-electron chi connectivity index (χ3n) is 2.16. The van der Waals surface area contributed by atoms with Crippen LogP contribution in [0.2, 0.25) is 0 Å². The molecule has 2 rings (SSSR count). The number of nitrogens with one attached hydrogen (secondary N) is 1. The Labute approximate surface area is 92.7 Å². The molecule has 0 atom stereocenters. The molecule has 0 aliphatic rings. The molecule has 4 heteroatoms. The summed E-state index contributed by atoms with van der Waals surface area (Å²) in [6.45, 7) is 0. The van der Waals surface area contributed by atoms with Crippen molar-refractivity contribution in [3.63, 3.8) is 0 Å². The molecule has 0 spiro atoms. The SMILES string of the molecule is NC(=O)Nc1c(S)ccc2ccccc12. The highest BCUT2D eigenvalue weighted by molar-refractivity contribution is 7.80. The van der Waals surface area contributed by atoms with Gasteiger partial charge in [-0.3, -0.25) is 0 Å². The van der Waals surface area contributed by atoms with Crippen LogP contribution in [-0.2, 0) is 0 Å². The minimum Gasteiger partial charge on any atom is -0.351 e. The second kappa shape index (κ2) is 3.82. The van der Waals surface area contributed by atoms with Gasteiger partial charge in [0.2, 0.25) is 0 Å². The fourth-order valence-corrected chi connectivity index (χ4v) is 1.77. The molecule has 0 saturated carbocycles. The van der Waals surface area contributed by atoms with E-state index in [2.05, 4.69) is 17.9 Å². The molecule has 2 aromatic rings. The molecule has 0 bridgehead atoms. The number of thiol groups is 1. The Morgan fingerprint density at radius 2 is 1.93 bits per heavy atom. The highest BCUT2D eigenvalue weighted by Gasteiger charge is 2.05. The summed E-state index contributed by atoms with van der Waals surface area (Å²) in [7, 11) is 0. The van der Waals surface area contributed by atoms with Crippen LogP contribution in [0.3, 0.4) is 0 Å². The van der Waals surface area contributed by atoms with E-state index >= 15 is 0 Å². The van der Waals surface area contributed by atoms with Crippen molar-refractivity contribution in [2.75, 3.05) is 5.32 Å². The van der Waals surface area contributed by atoms with Crippen molar-refractivity contribution in [2.45, 2.75) is 4.90 Å². The van der Waals surface area contributed by atoms with Crippen LogP contribution in [0, 0.1) is 0 Å². The molecule has 0 unspecified atom stereocenters. The van der Waals surface area contributed by atoms with Gasteiger partial charge in [-0.05, 0) is 11.5 Å². The lowest BCUT2D eigenvalue weighted by atomic mass is 10.1. The number of amides is 2. The number of hydrogen-bond acceptors (Lipinski definition) is 2. The highest BCUT2D eigenvalue weighted by Crippen LogP contribution is 2.29. The lowest BCUT2D eigenvalue weighted by Crippen LogP contribution is -2.19. The molecule has 0 aliphatic heterocycles. The predicted molar refractivity (Wildman–Crippen MR) is 64.4 cm³/mol. The van der Waals surface area contributed by atoms with Gasteiger partial charge in [-0.2, -0.15) is 0 Å². The van der Waals surface area contributed by atoms with E-state index in [-0.39, 0.29) is 0 Å². The van der Waals surface area contributed by atoms with E-state index in [1.165, 1.54) is 0 Å². The van der Waals surface area contributed by atoms with Crippen molar-refractivity contribution in [3.05, 3.63) is 36.4 Å². The van der Waals surface area contributed by atoms with Gasteiger partial charge in [-0.1, -0.05) is 30.3 Å². The van der Waals surface area contributed by atoms with Crippen molar-refractivity contribution in [2.24, 2.45) is 5.73 Å². The third kappa shape index (κ3) is 1.89. The first-order chi connectivity index (χ1) is 7.18. The van der Waals surface area contributed by atoms with Gasteiger partial charge in [0.1, 0.15) is 0 Å². The molecule has 0 aromatic heterocycles. The zero-order valence-electron chi connectivity index (χ0n) is 7.90. The quantitative estimate of drug-likeness (QED) is 0.633. The Kier molecular flexibility index (Phi) is 2.51. The largest absolute Gasteiger partial charge is 0.351 e. The van der Waals surface area contributed by atoms with Crippen LogP contribution >= 0.6 is 12.6 Å². The van der Waals surface area contributed by atoms with Crippen molar-refractivity contribution >= 4 is 35.1 Å². The number of fused-ring (bicyclic) bond motifs is 1. The van der Waals surface area contributed by atoms with E-state index in [1.807, 2.05) is 36.4 Å². The molecule has 3 N–H and O–H groups in total. The molecule has 0 saturated heterocycles. The topological polar surface area (TPSA) is 55.1 Å². The van der Waals surface area contributed by atoms with E-state index in [1.54, 1.807) is 0 Å². The van der Waals surface area contributed by atoms with Gasteiger partial charge in [-0.15, -0.1) is 12.6 Å². The van der Waals surface area contributed by atoms with Crippen LogP contribution in [0.5, 0.6) is 0 Å². The minimum atomic E-state index is -0.582. The summed E-state index contributed by atoms with van der Waals surface area (Å²) in [5.41, 5.74) is 5.76. The lowest BCUT2D eigenvalue weighted by Gasteiger charge is -2.09. The number of hydrogen-bond donors (Lipinski definition) is 3. The average molecular weight is 218 g/mol. The van der Waals surface area contributed by atoms with Crippen molar-refractivity contribution in [3.8, 4) is 0 Å². The summed E-state index contributed by atoms with van der Waals surface area (Å²) >= 11 is 4.28. The summed E-state index contributed by atoms with van der Waals surface area (Å²) in [5, 5.41) is 4.55. The molecule has 2 amide bonds. The second-order valence-electron chi connectivity index (χ2n) is 3.17. The smallest absolute Gasteiger partial charge is 0.316 e. The summed E-state index contributed by atoms with van der Waals surface area (Å²) < 4.78 is 0. The number of primary amides is 1. The number of nitrogens with two attached hydrogens (primary N) is 1. The number of urea groups is 1. The minimum absolute atomic E-state index is 0.582. The number of benzene rings is 2. The van der Waals surface area contributed by atoms with Crippen molar-refractivity contribution in [1.82, 2.24) is 0 Å². The normalized spacial score (nSPS) is 10.2. The van der Waals surface area contributed by atoms with Gasteiger partial charge in [0, 0.05) is 10.3 Å². The Hall–Kier alpha value is -1.68. The van der Waals surface area contributed by atoms with E-state index in [0.29, 0.717) is 10.6 Å². The maximum atomic E-state index is 10.8. The first kappa shape index (κ1) is 9.86. The van der Waals surface area contributed by atoms with Crippen LogP contribution in [0.15, 0.2) is 41.3 Å². The summed E-state index contributed by atoms with van der Waals surface area (Å²) in [4.78, 5) is 11.5. The van der Waals surface area contributed by atoms with Crippen molar-refractivity contribution in [1.29, 1.82) is 0 Å². The molecule has 76 valence electrons. The van der Waals surface area contributed by atoms with Crippen LogP contribution in [-0.4, -0.2) is 6.03 Å². The maximum Gasteiger partial charge on any atom is 0.316 e. The lowest BCUT2D eigenvalue weighted by molar-refractivity contribution is 0.259. The van der Waals surface area contributed by atoms with E-state index < -0.39 is 6.03 Å². The molecule has 3 nitrogen and oxygen atoms in total. The Morgan fingerprint density at radius 3 is 2.67 bits per heavy atom. The van der Waals surface area contributed by atoms with E-state index in [0.717, 1.165) is 10.8 Å². The zero-order valence-corrected chi connectivity index (χ0v) is 8.79. The van der Waals surface area contributed by atoms with Gasteiger partial charge < -0.3 is 11.1 Å². The Morgan fingerprint density at radius 1 is 1.20 bits per heavy atom. The number of carbonyl (C=O) groups excluding carboxylic acids is 1. The van der Waals surface area contributed by atoms with Gasteiger partial charge >= 0.3 is 6.03 Å². The summed E-state index contributed by atoms with van der Waals surface area (Å²) in [6, 6.07) is 10.9. The molecular formula is C11H10N2OS. The molecule has 2 aromatic carbocycles. The van der Waals surface area contributed by atoms with Crippen LogP contribution in [0.25, 0.3) is 10.8 Å². The van der Waals surface area contributed by atoms with Crippen molar-refractivity contribution < 1.29 is 4.79 Å². The average Bonchev–Trinajstić information content (AvgIpc) is 2.22. The fraction of sp³-hybridized carbons (Fsp3) is 0. The van der Waals surface area contributed by atoms with Gasteiger partial charge in [0.05, 0.1) is 5.69 Å². The molecular weight excluding hydrogens is 208 g/mol. The standard InChI is InChI=1S/C11H10N2OS/c12-11(14)13-10-8-4-2-1-3-7(8)5-6-9(10)15/h1-6,15H,(H3,12,13,14). The second-order valence-corrected chi connectivity index (χ2v) is 3.65. The maximum absolute atomic E-state index is 10.8. The molecule has 0 aliphatic carbocycles. The van der Waals surface area contributed by atoms with E-state index in [4.69, 9.17) is 5.73 Å². The van der Waals surface area contributed by atoms with Gasteiger partial charge in [-0.25, -0.2) is 4.79 Å². The number of rotatable bonds is 1. The summed E-state index contributed by atoms with van der Waals surface area (Å²) in [5.74, 6) is 0. The van der Waals surface area contributed by atoms with Crippen LogP contribution in [0.4, 0.5) is 10.5 Å². The monoisotopic (exact) mass is 218 g/mol. The van der Waals surface area contributed by atoms with E-state index in [9.17, 15) is 4.79 Å². The van der Waals surface area contributed by atoms with Crippen LogP contribution < -0.4 is 11.1 Å². The Bertz CT molecular complexity index is 525. The zero-order chi connectivity index (χ0) is 10.8. The predicted octanol–water partition coefficient (Wildman–Crippen LogP) is 2.62. The number of anilines is 1. The first-order valence-electron chi connectivity index (χ1n) is 4.45. The van der Waals surface area contributed by atoms with Gasteiger partial charge in [0.15, 0.2) is 0 Å². The molecule has 0 fully saturated rings. The fourth-order valence-electron chi connectivity index (χ4n) is 1.51. The van der Waals surface area contributed by atoms with Gasteiger partial charge in [0.25, 0.3) is 0 Å². The molecule has 0 heterocycles. The van der Waals surface area contributed by atoms with Crippen LogP contribution in [0.1, 0.15) is 0 Å². The first-order valence-corrected chi connectivity index (χ1v) is 4.90. The third-order valence-corrected chi connectivity index (χ3v) is 2.53. The summed E-state index contributed by atoms with van der Waals surface area (Å²) in [6.07, 6.45) is 0. The molecule has 15 heavy (non-hydrogen) atoms. The Balaban J connectivity index is 2.68.